The fraction of sp³-hybridized carbons (Fsp3) is 0.308. The highest BCUT2D eigenvalue weighted by Gasteiger charge is 2.25. The molecule has 1 N–H and O–H groups in total. The zero-order valence-corrected chi connectivity index (χ0v) is 19.5. The summed E-state index contributed by atoms with van der Waals surface area (Å²) in [5.41, 5.74) is 3.56. The van der Waals surface area contributed by atoms with Crippen LogP contribution in [0.3, 0.4) is 0 Å². The minimum absolute atomic E-state index is 0.101. The Morgan fingerprint density at radius 2 is 1.73 bits per heavy atom. The van der Waals surface area contributed by atoms with Crippen LogP contribution in [0.1, 0.15) is 36.3 Å². The van der Waals surface area contributed by atoms with Gasteiger partial charge >= 0.3 is 6.03 Å². The molecule has 0 saturated heterocycles. The molecule has 0 spiro atoms. The Morgan fingerprint density at radius 3 is 2.36 bits per heavy atom. The van der Waals surface area contributed by atoms with E-state index >= 15 is 0 Å². The molecule has 3 amide bonds. The number of halogens is 1. The second-order valence-electron chi connectivity index (χ2n) is 8.35. The van der Waals surface area contributed by atoms with Crippen molar-refractivity contribution in [1.82, 2.24) is 9.80 Å². The lowest BCUT2D eigenvalue weighted by atomic mass is 10.1. The maximum Gasteiger partial charge on any atom is 0.322 e. The van der Waals surface area contributed by atoms with Crippen molar-refractivity contribution in [3.63, 3.8) is 0 Å². The predicted octanol–water partition coefficient (Wildman–Crippen LogP) is 5.51. The molecule has 2 aromatic carbocycles. The molecule has 174 valence electrons. The number of hydrogen-bond donors (Lipinski definition) is 1. The lowest BCUT2D eigenvalue weighted by Crippen LogP contribution is -2.47. The van der Waals surface area contributed by atoms with E-state index in [1.807, 2.05) is 45.9 Å². The number of anilines is 1. The first-order chi connectivity index (χ1) is 15.7. The Balaban J connectivity index is 1.77. The molecule has 0 aliphatic carbocycles. The van der Waals surface area contributed by atoms with Gasteiger partial charge in [0.05, 0.1) is 12.8 Å². The van der Waals surface area contributed by atoms with E-state index in [1.165, 1.54) is 17.0 Å². The van der Waals surface area contributed by atoms with Crippen LogP contribution in [0.4, 0.5) is 14.9 Å². The summed E-state index contributed by atoms with van der Waals surface area (Å²) in [5, 5.41) is 2.93. The van der Waals surface area contributed by atoms with Crippen LogP contribution >= 0.6 is 0 Å². The second-order valence-corrected chi connectivity index (χ2v) is 8.35. The third-order valence-corrected chi connectivity index (χ3v) is 5.60. The number of aryl methyl sites for hydroxylation is 1. The van der Waals surface area contributed by atoms with Gasteiger partial charge in [0, 0.05) is 18.3 Å². The molecule has 0 unspecified atom stereocenters. The third kappa shape index (κ3) is 6.44. The molecule has 1 heterocycles. The maximum absolute atomic E-state index is 13.3. The number of amides is 3. The number of nitrogens with one attached hydrogen (secondary N) is 1. The number of benzene rings is 2. The summed E-state index contributed by atoms with van der Waals surface area (Å²) >= 11 is 0. The number of nitrogens with zero attached hydrogens (tertiary/aromatic N) is 2. The summed E-state index contributed by atoms with van der Waals surface area (Å²) in [7, 11) is 0. The molecule has 0 fully saturated rings. The molecule has 0 aliphatic heterocycles. The van der Waals surface area contributed by atoms with Crippen molar-refractivity contribution >= 4 is 17.6 Å². The molecule has 3 aromatic rings. The fourth-order valence-electron chi connectivity index (χ4n) is 3.44. The van der Waals surface area contributed by atoms with Gasteiger partial charge in [-0.2, -0.15) is 0 Å². The Morgan fingerprint density at radius 1 is 1.00 bits per heavy atom. The minimum Gasteiger partial charge on any atom is -0.467 e. The molecule has 0 saturated carbocycles. The number of urea groups is 1. The molecule has 7 heteroatoms. The summed E-state index contributed by atoms with van der Waals surface area (Å²) in [6.07, 6.45) is 1.55. The standard InChI is InChI=1S/C26H30FN3O3/c1-18(2)30(26(32)28-24-9-5-7-19(3)20(24)4)17-25(31)29(16-23-8-6-14-33-23)15-21-10-12-22(27)13-11-21/h5-14,18H,15-17H2,1-4H3,(H,28,32). The Hall–Kier alpha value is -3.61. The highest BCUT2D eigenvalue weighted by Crippen LogP contribution is 2.19. The highest BCUT2D eigenvalue weighted by atomic mass is 19.1. The zero-order chi connectivity index (χ0) is 24.0. The molecule has 6 nitrogen and oxygen atoms in total. The highest BCUT2D eigenvalue weighted by molar-refractivity contribution is 5.93. The molecule has 0 radical (unpaired) electrons. The minimum atomic E-state index is -0.341. The lowest BCUT2D eigenvalue weighted by molar-refractivity contribution is -0.133. The van der Waals surface area contributed by atoms with E-state index < -0.39 is 0 Å². The van der Waals surface area contributed by atoms with E-state index in [0.717, 1.165) is 22.4 Å². The third-order valence-electron chi connectivity index (χ3n) is 5.60. The van der Waals surface area contributed by atoms with Gasteiger partial charge in [-0.15, -0.1) is 0 Å². The number of carbonyl (C=O) groups excluding carboxylic acids is 2. The molecule has 33 heavy (non-hydrogen) atoms. The molecular formula is C26H30FN3O3. The molecular weight excluding hydrogens is 421 g/mol. The first kappa shape index (κ1) is 24.0. The van der Waals surface area contributed by atoms with E-state index in [0.29, 0.717) is 5.76 Å². The van der Waals surface area contributed by atoms with Gasteiger partial charge < -0.3 is 19.5 Å². The topological polar surface area (TPSA) is 65.8 Å². The van der Waals surface area contributed by atoms with Crippen molar-refractivity contribution < 1.29 is 18.4 Å². The van der Waals surface area contributed by atoms with Crippen LogP contribution in [-0.4, -0.2) is 34.3 Å². The summed E-state index contributed by atoms with van der Waals surface area (Å²) in [6.45, 7) is 8.08. The number of carbonyl (C=O) groups is 2. The first-order valence-electron chi connectivity index (χ1n) is 10.9. The average Bonchev–Trinajstić information content (AvgIpc) is 3.29. The van der Waals surface area contributed by atoms with Crippen molar-refractivity contribution in [2.45, 2.75) is 46.8 Å². The normalized spacial score (nSPS) is 10.8. The fourth-order valence-corrected chi connectivity index (χ4v) is 3.44. The van der Waals surface area contributed by atoms with E-state index in [4.69, 9.17) is 4.42 Å². The van der Waals surface area contributed by atoms with Gasteiger partial charge in [0.1, 0.15) is 18.1 Å². The van der Waals surface area contributed by atoms with Crippen molar-refractivity contribution in [1.29, 1.82) is 0 Å². The van der Waals surface area contributed by atoms with Gasteiger partial charge in [0.2, 0.25) is 5.91 Å². The van der Waals surface area contributed by atoms with E-state index in [-0.39, 0.29) is 43.4 Å². The van der Waals surface area contributed by atoms with Gasteiger partial charge in [-0.3, -0.25) is 4.79 Å². The average molecular weight is 452 g/mol. The van der Waals surface area contributed by atoms with Gasteiger partial charge in [0.25, 0.3) is 0 Å². The zero-order valence-electron chi connectivity index (χ0n) is 19.5. The van der Waals surface area contributed by atoms with Gasteiger partial charge in [-0.1, -0.05) is 24.3 Å². The molecule has 3 rings (SSSR count). The first-order valence-corrected chi connectivity index (χ1v) is 10.9. The van der Waals surface area contributed by atoms with Crippen LogP contribution in [0.15, 0.2) is 65.3 Å². The Labute approximate surface area is 194 Å². The number of rotatable bonds is 8. The maximum atomic E-state index is 13.3. The van der Waals surface area contributed by atoms with Crippen molar-refractivity contribution in [3.8, 4) is 0 Å². The SMILES string of the molecule is Cc1cccc(NC(=O)N(CC(=O)N(Cc2ccc(F)cc2)Cc2ccco2)C(C)C)c1C. The summed E-state index contributed by atoms with van der Waals surface area (Å²) in [6, 6.07) is 14.7. The quantitative estimate of drug-likeness (QED) is 0.491. The smallest absolute Gasteiger partial charge is 0.322 e. The van der Waals surface area contributed by atoms with Crippen LogP contribution < -0.4 is 5.32 Å². The number of hydrogen-bond acceptors (Lipinski definition) is 3. The Kier molecular flexibility index (Phi) is 7.87. The van der Waals surface area contributed by atoms with E-state index in [1.54, 1.807) is 35.4 Å². The van der Waals surface area contributed by atoms with Crippen molar-refractivity contribution in [2.24, 2.45) is 0 Å². The van der Waals surface area contributed by atoms with Gasteiger partial charge in [-0.25, -0.2) is 9.18 Å². The van der Waals surface area contributed by atoms with Crippen molar-refractivity contribution in [2.75, 3.05) is 11.9 Å². The van der Waals surface area contributed by atoms with Crippen LogP contribution in [0.2, 0.25) is 0 Å². The summed E-state index contributed by atoms with van der Waals surface area (Å²) < 4.78 is 18.8. The molecule has 0 bridgehead atoms. The number of furan rings is 1. The summed E-state index contributed by atoms with van der Waals surface area (Å²) in [5.74, 6) is 0.0543. The molecule has 0 aliphatic rings. The van der Waals surface area contributed by atoms with E-state index in [9.17, 15) is 14.0 Å². The predicted molar refractivity (Wildman–Crippen MR) is 126 cm³/mol. The van der Waals surface area contributed by atoms with Crippen LogP contribution in [-0.2, 0) is 17.9 Å². The van der Waals surface area contributed by atoms with Gasteiger partial charge in [0.15, 0.2) is 0 Å². The monoisotopic (exact) mass is 451 g/mol. The van der Waals surface area contributed by atoms with Crippen LogP contribution in [0.25, 0.3) is 0 Å². The molecule has 1 aromatic heterocycles. The Bertz CT molecular complexity index is 1080. The van der Waals surface area contributed by atoms with Crippen molar-refractivity contribution in [3.05, 3.63) is 89.1 Å². The molecule has 0 atom stereocenters. The largest absolute Gasteiger partial charge is 0.467 e. The lowest BCUT2D eigenvalue weighted by Gasteiger charge is -2.30. The van der Waals surface area contributed by atoms with Crippen LogP contribution in [0, 0.1) is 19.7 Å². The van der Waals surface area contributed by atoms with Crippen LogP contribution in [0.5, 0.6) is 0 Å². The summed E-state index contributed by atoms with van der Waals surface area (Å²) in [4.78, 5) is 29.5. The van der Waals surface area contributed by atoms with E-state index in [2.05, 4.69) is 5.32 Å². The second kappa shape index (κ2) is 10.8. The van der Waals surface area contributed by atoms with Gasteiger partial charge in [-0.05, 0) is 74.7 Å².